The van der Waals surface area contributed by atoms with Gasteiger partial charge in [-0.3, -0.25) is 4.90 Å². The van der Waals surface area contributed by atoms with E-state index >= 15 is 0 Å². The van der Waals surface area contributed by atoms with E-state index in [1.165, 1.54) is 17.6 Å². The highest BCUT2D eigenvalue weighted by Crippen LogP contribution is 2.34. The molecule has 1 aliphatic heterocycles. The summed E-state index contributed by atoms with van der Waals surface area (Å²) >= 11 is 0. The fraction of sp³-hybridized carbons (Fsp3) is 0.412. The summed E-state index contributed by atoms with van der Waals surface area (Å²) in [4.78, 5) is 2.55. The van der Waals surface area contributed by atoms with E-state index in [4.69, 9.17) is 0 Å². The van der Waals surface area contributed by atoms with Crippen LogP contribution in [0.1, 0.15) is 31.7 Å². The Morgan fingerprint density at radius 2 is 2.06 bits per heavy atom. The first-order valence-corrected chi connectivity index (χ1v) is 6.70. The number of piperidine rings is 1. The van der Waals surface area contributed by atoms with Crippen molar-refractivity contribution in [3.05, 3.63) is 60.7 Å². The van der Waals surface area contributed by atoms with Crippen molar-refractivity contribution in [3.8, 4) is 0 Å². The molecule has 1 unspecified atom stereocenters. The van der Waals surface area contributed by atoms with Gasteiger partial charge in [0.1, 0.15) is 0 Å². The van der Waals surface area contributed by atoms with Gasteiger partial charge >= 0.3 is 0 Å². The predicted octanol–water partition coefficient (Wildman–Crippen LogP) is 4.17. The molecule has 0 aliphatic carbocycles. The summed E-state index contributed by atoms with van der Waals surface area (Å²) in [6, 6.07) is 10.7. The third-order valence-electron chi connectivity index (χ3n) is 4.00. The second kappa shape index (κ2) is 5.53. The predicted molar refractivity (Wildman–Crippen MR) is 78.4 cm³/mol. The minimum absolute atomic E-state index is 0.235. The Hall–Kier alpha value is -1.34. The van der Waals surface area contributed by atoms with Crippen molar-refractivity contribution < 1.29 is 0 Å². The maximum Gasteiger partial charge on any atom is 0.0242 e. The molecule has 0 amide bonds. The van der Waals surface area contributed by atoms with Crippen LogP contribution in [0.15, 0.2) is 55.1 Å². The highest BCUT2D eigenvalue weighted by Gasteiger charge is 2.34. The topological polar surface area (TPSA) is 3.24 Å². The lowest BCUT2D eigenvalue weighted by atomic mass is 9.83. The van der Waals surface area contributed by atoms with Crippen LogP contribution in [-0.4, -0.2) is 17.0 Å². The van der Waals surface area contributed by atoms with E-state index in [2.05, 4.69) is 55.3 Å². The van der Waals surface area contributed by atoms with Gasteiger partial charge in [0.25, 0.3) is 0 Å². The Kier molecular flexibility index (Phi) is 4.03. The summed E-state index contributed by atoms with van der Waals surface area (Å²) in [6.07, 6.45) is 5.43. The number of hydrogen-bond donors (Lipinski definition) is 0. The summed E-state index contributed by atoms with van der Waals surface area (Å²) in [5, 5.41) is 0. The molecule has 0 spiro atoms. The first-order valence-electron chi connectivity index (χ1n) is 6.70. The van der Waals surface area contributed by atoms with Crippen LogP contribution in [0.3, 0.4) is 0 Å². The zero-order valence-corrected chi connectivity index (χ0v) is 11.4. The van der Waals surface area contributed by atoms with Gasteiger partial charge in [0.15, 0.2) is 0 Å². The normalized spacial score (nSPS) is 25.1. The summed E-state index contributed by atoms with van der Waals surface area (Å²) in [5.74, 6) is 0. The highest BCUT2D eigenvalue weighted by molar-refractivity contribution is 5.17. The number of rotatable bonds is 4. The van der Waals surface area contributed by atoms with Crippen LogP contribution >= 0.6 is 0 Å². The minimum Gasteiger partial charge on any atom is -0.289 e. The van der Waals surface area contributed by atoms with Gasteiger partial charge in [0.05, 0.1) is 0 Å². The molecule has 1 heteroatoms. The molecule has 1 fully saturated rings. The van der Waals surface area contributed by atoms with Crippen molar-refractivity contribution in [2.45, 2.75) is 38.3 Å². The molecule has 2 rings (SSSR count). The van der Waals surface area contributed by atoms with Gasteiger partial charge in [-0.15, -0.1) is 6.58 Å². The molecule has 1 atom stereocenters. The standard InChI is InChI=1S/C17H23N/c1-4-11-17(3)12-10-15(2)13-18(17)14-16-8-6-5-7-9-16/h4-9H,1-2,10-14H2,3H3. The van der Waals surface area contributed by atoms with Crippen molar-refractivity contribution in [1.82, 2.24) is 4.90 Å². The Bertz CT molecular complexity index is 420. The van der Waals surface area contributed by atoms with Crippen molar-refractivity contribution in [1.29, 1.82) is 0 Å². The first kappa shape index (κ1) is 13.1. The summed E-state index contributed by atoms with van der Waals surface area (Å²) in [5.41, 5.74) is 2.97. The smallest absolute Gasteiger partial charge is 0.0242 e. The molecule has 1 heterocycles. The Balaban J connectivity index is 2.15. The van der Waals surface area contributed by atoms with E-state index in [0.29, 0.717) is 0 Å². The molecule has 1 aliphatic rings. The van der Waals surface area contributed by atoms with Crippen LogP contribution in [0.5, 0.6) is 0 Å². The number of benzene rings is 1. The van der Waals surface area contributed by atoms with Gasteiger partial charge in [-0.25, -0.2) is 0 Å². The summed E-state index contributed by atoms with van der Waals surface area (Å²) < 4.78 is 0. The van der Waals surface area contributed by atoms with Gasteiger partial charge in [-0.2, -0.15) is 0 Å². The van der Waals surface area contributed by atoms with Crippen LogP contribution in [-0.2, 0) is 6.54 Å². The van der Waals surface area contributed by atoms with Crippen LogP contribution in [0.4, 0.5) is 0 Å². The summed E-state index contributed by atoms with van der Waals surface area (Å²) in [6.45, 7) is 12.4. The van der Waals surface area contributed by atoms with Crippen LogP contribution in [0.25, 0.3) is 0 Å². The van der Waals surface area contributed by atoms with Gasteiger partial charge in [-0.1, -0.05) is 48.6 Å². The minimum atomic E-state index is 0.235. The lowest BCUT2D eigenvalue weighted by Crippen LogP contribution is -2.49. The molecular formula is C17H23N. The average molecular weight is 241 g/mol. The number of likely N-dealkylation sites (tertiary alicyclic amines) is 1. The molecule has 18 heavy (non-hydrogen) atoms. The van der Waals surface area contributed by atoms with Crippen molar-refractivity contribution in [2.24, 2.45) is 0 Å². The SMILES string of the molecule is C=CCC1(C)CCC(=C)CN1Cc1ccccc1. The Labute approximate surface area is 111 Å². The van der Waals surface area contributed by atoms with E-state index < -0.39 is 0 Å². The molecule has 1 aromatic rings. The molecule has 1 nitrogen and oxygen atoms in total. The van der Waals surface area contributed by atoms with E-state index in [1.54, 1.807) is 0 Å². The summed E-state index contributed by atoms with van der Waals surface area (Å²) in [7, 11) is 0. The highest BCUT2D eigenvalue weighted by atomic mass is 15.2. The van der Waals surface area contributed by atoms with Gasteiger partial charge in [0.2, 0.25) is 0 Å². The number of nitrogens with zero attached hydrogens (tertiary/aromatic N) is 1. The van der Waals surface area contributed by atoms with Crippen LogP contribution in [0, 0.1) is 0 Å². The molecule has 1 aromatic carbocycles. The van der Waals surface area contributed by atoms with Crippen molar-refractivity contribution >= 4 is 0 Å². The molecule has 0 radical (unpaired) electrons. The Morgan fingerprint density at radius 1 is 1.33 bits per heavy atom. The van der Waals surface area contributed by atoms with Gasteiger partial charge < -0.3 is 0 Å². The van der Waals surface area contributed by atoms with Gasteiger partial charge in [-0.05, 0) is 31.7 Å². The Morgan fingerprint density at radius 3 is 2.72 bits per heavy atom. The molecule has 0 saturated carbocycles. The molecular weight excluding hydrogens is 218 g/mol. The number of hydrogen-bond acceptors (Lipinski definition) is 1. The molecule has 0 bridgehead atoms. The maximum absolute atomic E-state index is 4.16. The average Bonchev–Trinajstić information content (AvgIpc) is 2.36. The monoisotopic (exact) mass is 241 g/mol. The lowest BCUT2D eigenvalue weighted by molar-refractivity contribution is 0.0792. The third kappa shape index (κ3) is 2.91. The first-order chi connectivity index (χ1) is 8.64. The van der Waals surface area contributed by atoms with Crippen molar-refractivity contribution in [2.75, 3.05) is 6.54 Å². The third-order valence-corrected chi connectivity index (χ3v) is 4.00. The van der Waals surface area contributed by atoms with E-state index in [0.717, 1.165) is 25.9 Å². The molecule has 96 valence electrons. The lowest BCUT2D eigenvalue weighted by Gasteiger charge is -2.45. The molecule has 0 aromatic heterocycles. The molecule has 0 N–H and O–H groups in total. The van der Waals surface area contributed by atoms with E-state index in [1.807, 2.05) is 6.08 Å². The van der Waals surface area contributed by atoms with Crippen molar-refractivity contribution in [3.63, 3.8) is 0 Å². The zero-order valence-electron chi connectivity index (χ0n) is 11.4. The van der Waals surface area contributed by atoms with E-state index in [9.17, 15) is 0 Å². The largest absolute Gasteiger partial charge is 0.289 e. The van der Waals surface area contributed by atoms with Crippen LogP contribution in [0.2, 0.25) is 0 Å². The maximum atomic E-state index is 4.16. The zero-order chi connectivity index (χ0) is 13.0. The fourth-order valence-corrected chi connectivity index (χ4v) is 2.74. The van der Waals surface area contributed by atoms with Crippen LogP contribution < -0.4 is 0 Å². The molecule has 1 saturated heterocycles. The second-order valence-corrected chi connectivity index (χ2v) is 5.58. The van der Waals surface area contributed by atoms with Gasteiger partial charge in [0, 0.05) is 18.6 Å². The van der Waals surface area contributed by atoms with E-state index in [-0.39, 0.29) is 5.54 Å². The second-order valence-electron chi connectivity index (χ2n) is 5.58. The fourth-order valence-electron chi connectivity index (χ4n) is 2.74. The quantitative estimate of drug-likeness (QED) is 0.715.